The molecule has 1 aromatic carbocycles. The maximum absolute atomic E-state index is 12.6. The molecule has 1 amide bonds. The second-order valence-corrected chi connectivity index (χ2v) is 6.96. The van der Waals surface area contributed by atoms with Crippen LogP contribution in [0.15, 0.2) is 54.9 Å². The minimum Gasteiger partial charge on any atom is -0.459 e. The number of pyridine rings is 1. The van der Waals surface area contributed by atoms with Gasteiger partial charge in [-0.3, -0.25) is 4.79 Å². The van der Waals surface area contributed by atoms with Crippen molar-refractivity contribution in [3.63, 3.8) is 0 Å². The predicted molar refractivity (Wildman–Crippen MR) is 103 cm³/mol. The molecule has 0 aliphatic rings. The second kappa shape index (κ2) is 8.22. The van der Waals surface area contributed by atoms with Gasteiger partial charge in [-0.15, -0.1) is 0 Å². The van der Waals surface area contributed by atoms with Crippen LogP contribution in [-0.2, 0) is 16.1 Å². The lowest BCUT2D eigenvalue weighted by atomic mass is 10.0. The first kappa shape index (κ1) is 18.9. The van der Waals surface area contributed by atoms with E-state index in [9.17, 15) is 9.59 Å². The highest BCUT2D eigenvalue weighted by molar-refractivity contribution is 6.30. The molecule has 0 aliphatic heterocycles. The summed E-state index contributed by atoms with van der Waals surface area (Å²) in [5, 5.41) is 3.26. The van der Waals surface area contributed by atoms with Crippen molar-refractivity contribution in [2.24, 2.45) is 5.92 Å². The molecule has 1 atom stereocenters. The van der Waals surface area contributed by atoms with Crippen LogP contribution in [0.2, 0.25) is 5.02 Å². The topological polar surface area (TPSA) is 72.7 Å². The summed E-state index contributed by atoms with van der Waals surface area (Å²) in [6.45, 7) is 3.85. The average molecular weight is 386 g/mol. The van der Waals surface area contributed by atoms with Gasteiger partial charge in [0.25, 0.3) is 5.91 Å². The number of rotatable bonds is 6. The molecule has 0 fully saturated rings. The molecular weight excluding hydrogens is 366 g/mol. The maximum Gasteiger partial charge on any atom is 0.329 e. The van der Waals surface area contributed by atoms with E-state index in [1.807, 2.05) is 44.2 Å². The minimum absolute atomic E-state index is 0.135. The fourth-order valence-corrected chi connectivity index (χ4v) is 2.77. The van der Waals surface area contributed by atoms with Gasteiger partial charge in [-0.1, -0.05) is 55.8 Å². The van der Waals surface area contributed by atoms with Crippen molar-refractivity contribution in [2.45, 2.75) is 26.5 Å². The highest BCUT2D eigenvalue weighted by atomic mass is 35.5. The van der Waals surface area contributed by atoms with Crippen LogP contribution in [-0.4, -0.2) is 27.3 Å². The van der Waals surface area contributed by atoms with Crippen molar-refractivity contribution in [2.75, 3.05) is 0 Å². The Kier molecular flexibility index (Phi) is 5.76. The van der Waals surface area contributed by atoms with Gasteiger partial charge >= 0.3 is 5.97 Å². The molecule has 0 spiro atoms. The molecule has 3 rings (SSSR count). The third kappa shape index (κ3) is 4.65. The Morgan fingerprint density at radius 2 is 1.89 bits per heavy atom. The highest BCUT2D eigenvalue weighted by Gasteiger charge is 2.27. The zero-order valence-electron chi connectivity index (χ0n) is 15.1. The molecular formula is C20H20ClN3O3. The van der Waals surface area contributed by atoms with E-state index in [1.165, 1.54) is 0 Å². The summed E-state index contributed by atoms with van der Waals surface area (Å²) < 4.78 is 7.03. The molecule has 0 saturated heterocycles. The van der Waals surface area contributed by atoms with Crippen molar-refractivity contribution >= 4 is 29.1 Å². The van der Waals surface area contributed by atoms with E-state index in [2.05, 4.69) is 10.3 Å². The van der Waals surface area contributed by atoms with E-state index >= 15 is 0 Å². The predicted octanol–water partition coefficient (Wildman–Crippen LogP) is 3.49. The van der Waals surface area contributed by atoms with Gasteiger partial charge in [-0.25, -0.2) is 9.78 Å². The average Bonchev–Trinajstić information content (AvgIpc) is 3.08. The fraction of sp³-hybridized carbons (Fsp3) is 0.250. The van der Waals surface area contributed by atoms with Crippen LogP contribution >= 0.6 is 11.6 Å². The molecule has 27 heavy (non-hydrogen) atoms. The number of esters is 1. The monoisotopic (exact) mass is 385 g/mol. The van der Waals surface area contributed by atoms with Gasteiger partial charge in [-0.2, -0.15) is 0 Å². The van der Waals surface area contributed by atoms with Crippen LogP contribution in [0.25, 0.3) is 5.65 Å². The van der Waals surface area contributed by atoms with Crippen molar-refractivity contribution in [1.29, 1.82) is 0 Å². The van der Waals surface area contributed by atoms with Crippen LogP contribution < -0.4 is 5.32 Å². The Bertz CT molecular complexity index is 954. The summed E-state index contributed by atoms with van der Waals surface area (Å²) in [7, 11) is 0. The van der Waals surface area contributed by atoms with Crippen molar-refractivity contribution in [3.8, 4) is 0 Å². The maximum atomic E-state index is 12.6. The fourth-order valence-electron chi connectivity index (χ4n) is 2.61. The number of halogens is 1. The Balaban J connectivity index is 1.68. The minimum atomic E-state index is -0.769. The number of aromatic nitrogens is 2. The summed E-state index contributed by atoms with van der Waals surface area (Å²) in [4.78, 5) is 29.3. The van der Waals surface area contributed by atoms with Gasteiger partial charge in [0.2, 0.25) is 0 Å². The molecule has 0 bridgehead atoms. The largest absolute Gasteiger partial charge is 0.459 e. The quantitative estimate of drug-likeness (QED) is 0.659. The van der Waals surface area contributed by atoms with Crippen LogP contribution in [0.4, 0.5) is 0 Å². The number of carbonyl (C=O) groups excluding carboxylic acids is 2. The highest BCUT2D eigenvalue weighted by Crippen LogP contribution is 2.13. The Labute approximate surface area is 162 Å². The number of nitrogens with zero attached hydrogens (tertiary/aromatic N) is 2. The summed E-state index contributed by atoms with van der Waals surface area (Å²) in [5.74, 6) is -1.05. The van der Waals surface area contributed by atoms with Gasteiger partial charge in [0.05, 0.1) is 5.02 Å². The molecule has 6 nitrogen and oxygen atoms in total. The van der Waals surface area contributed by atoms with Gasteiger partial charge in [0.15, 0.2) is 0 Å². The van der Waals surface area contributed by atoms with Crippen LogP contribution in [0, 0.1) is 5.92 Å². The van der Waals surface area contributed by atoms with Crippen LogP contribution in [0.5, 0.6) is 0 Å². The Morgan fingerprint density at radius 3 is 2.59 bits per heavy atom. The van der Waals surface area contributed by atoms with Crippen molar-refractivity contribution in [1.82, 2.24) is 14.7 Å². The van der Waals surface area contributed by atoms with Crippen LogP contribution in [0.3, 0.4) is 0 Å². The van der Waals surface area contributed by atoms with Gasteiger partial charge in [-0.05, 0) is 23.6 Å². The summed E-state index contributed by atoms with van der Waals surface area (Å²) >= 11 is 5.95. The van der Waals surface area contributed by atoms with E-state index in [4.69, 9.17) is 16.3 Å². The number of hydrogen-bond acceptors (Lipinski definition) is 4. The number of imidazole rings is 1. The zero-order chi connectivity index (χ0) is 19.4. The zero-order valence-corrected chi connectivity index (χ0v) is 15.8. The van der Waals surface area contributed by atoms with Gasteiger partial charge < -0.3 is 14.5 Å². The molecule has 0 aliphatic carbocycles. The molecule has 0 unspecified atom stereocenters. The number of carbonyl (C=O) groups is 2. The molecule has 2 heterocycles. The number of nitrogens with one attached hydrogen (secondary N) is 1. The standard InChI is InChI=1S/C20H20ClN3O3/c1-13(2)18(20(26)27-12-14-6-4-3-5-7-14)23-19(25)16-11-24-10-15(21)8-9-17(24)22-16/h3-11,13,18H,12H2,1-2H3,(H,23,25)/t18-/m0/s1. The lowest BCUT2D eigenvalue weighted by Crippen LogP contribution is -2.45. The van der Waals surface area contributed by atoms with E-state index in [0.29, 0.717) is 10.7 Å². The lowest BCUT2D eigenvalue weighted by molar-refractivity contribution is -0.148. The molecule has 0 radical (unpaired) electrons. The number of amides is 1. The summed E-state index contributed by atoms with van der Waals surface area (Å²) in [6, 6.07) is 12.0. The second-order valence-electron chi connectivity index (χ2n) is 6.53. The SMILES string of the molecule is CC(C)[C@H](NC(=O)c1cn2cc(Cl)ccc2n1)C(=O)OCc1ccccc1. The van der Waals surface area contributed by atoms with Gasteiger partial charge in [0, 0.05) is 12.4 Å². The molecule has 2 aromatic heterocycles. The first-order valence-corrected chi connectivity index (χ1v) is 8.97. The Hall–Kier alpha value is -2.86. The van der Waals surface area contributed by atoms with Crippen molar-refractivity contribution < 1.29 is 14.3 Å². The van der Waals surface area contributed by atoms with E-state index in [1.54, 1.807) is 28.9 Å². The van der Waals surface area contributed by atoms with E-state index < -0.39 is 17.9 Å². The smallest absolute Gasteiger partial charge is 0.329 e. The number of fused-ring (bicyclic) bond motifs is 1. The summed E-state index contributed by atoms with van der Waals surface area (Å²) in [5.41, 5.74) is 1.69. The first-order chi connectivity index (χ1) is 12.9. The van der Waals surface area contributed by atoms with E-state index in [-0.39, 0.29) is 18.2 Å². The number of ether oxygens (including phenoxy) is 1. The molecule has 1 N–H and O–H groups in total. The third-order valence-corrected chi connectivity index (χ3v) is 4.30. The van der Waals surface area contributed by atoms with Gasteiger partial charge in [0.1, 0.15) is 24.0 Å². The normalized spacial score (nSPS) is 12.1. The van der Waals surface area contributed by atoms with Crippen LogP contribution in [0.1, 0.15) is 29.9 Å². The third-order valence-electron chi connectivity index (χ3n) is 4.08. The number of benzene rings is 1. The van der Waals surface area contributed by atoms with E-state index in [0.717, 1.165) is 5.56 Å². The molecule has 140 valence electrons. The number of hydrogen-bond donors (Lipinski definition) is 1. The molecule has 7 heteroatoms. The lowest BCUT2D eigenvalue weighted by Gasteiger charge is -2.20. The molecule has 0 saturated carbocycles. The van der Waals surface area contributed by atoms with Crippen molar-refractivity contribution in [3.05, 3.63) is 71.1 Å². The Morgan fingerprint density at radius 1 is 1.15 bits per heavy atom. The molecule has 3 aromatic rings. The summed E-state index contributed by atoms with van der Waals surface area (Å²) in [6.07, 6.45) is 3.23. The first-order valence-electron chi connectivity index (χ1n) is 8.59.